The van der Waals surface area contributed by atoms with Crippen LogP contribution in [0.1, 0.15) is 45.8 Å². The SMILES string of the molecule is COc1cccc(C)c1CCC(=O)c1cc([C@@H]2CCNC[C@H]2COc2ccc3c(c2)OCO3)ccc1F. The second-order valence-corrected chi connectivity index (χ2v) is 9.60. The number of carbonyl (C=O) groups is 1. The van der Waals surface area contributed by atoms with Gasteiger partial charge >= 0.3 is 0 Å². The molecular weight excluding hydrogens is 473 g/mol. The lowest BCUT2D eigenvalue weighted by Crippen LogP contribution is -2.38. The van der Waals surface area contributed by atoms with Gasteiger partial charge in [-0.05, 0) is 79.3 Å². The number of nitrogens with one attached hydrogen (secondary N) is 1. The van der Waals surface area contributed by atoms with Gasteiger partial charge in [-0.3, -0.25) is 4.79 Å². The van der Waals surface area contributed by atoms with E-state index in [-0.39, 0.29) is 36.4 Å². The van der Waals surface area contributed by atoms with Crippen LogP contribution < -0.4 is 24.3 Å². The van der Waals surface area contributed by atoms with Gasteiger partial charge in [0, 0.05) is 24.9 Å². The van der Waals surface area contributed by atoms with E-state index in [4.69, 9.17) is 18.9 Å². The monoisotopic (exact) mass is 505 g/mol. The number of piperidine rings is 1. The fourth-order valence-corrected chi connectivity index (χ4v) is 5.25. The van der Waals surface area contributed by atoms with Gasteiger partial charge in [-0.15, -0.1) is 0 Å². The zero-order valence-corrected chi connectivity index (χ0v) is 21.2. The number of aryl methyl sites for hydroxylation is 1. The number of rotatable bonds is 9. The molecule has 2 aliphatic heterocycles. The maximum atomic E-state index is 14.8. The third-order valence-corrected chi connectivity index (χ3v) is 7.32. The van der Waals surface area contributed by atoms with E-state index < -0.39 is 5.82 Å². The number of carbonyl (C=O) groups excluding carboxylic acids is 1. The molecule has 2 aliphatic rings. The molecule has 1 N–H and O–H groups in total. The number of methoxy groups -OCH3 is 1. The number of ketones is 1. The van der Waals surface area contributed by atoms with Crippen molar-refractivity contribution in [3.05, 3.63) is 82.7 Å². The van der Waals surface area contributed by atoms with Crippen LogP contribution in [0.5, 0.6) is 23.0 Å². The lowest BCUT2D eigenvalue weighted by molar-refractivity contribution is 0.0978. The van der Waals surface area contributed by atoms with E-state index in [1.165, 1.54) is 6.07 Å². The summed E-state index contributed by atoms with van der Waals surface area (Å²) in [7, 11) is 1.62. The molecule has 194 valence electrons. The van der Waals surface area contributed by atoms with Crippen LogP contribution in [-0.4, -0.2) is 39.4 Å². The summed E-state index contributed by atoms with van der Waals surface area (Å²) in [6, 6.07) is 16.3. The average Bonchev–Trinajstić information content (AvgIpc) is 3.39. The highest BCUT2D eigenvalue weighted by molar-refractivity contribution is 5.96. The summed E-state index contributed by atoms with van der Waals surface area (Å²) in [5.41, 5.74) is 3.16. The first-order valence-electron chi connectivity index (χ1n) is 12.7. The second kappa shape index (κ2) is 11.2. The van der Waals surface area contributed by atoms with Gasteiger partial charge in [0.25, 0.3) is 0 Å². The van der Waals surface area contributed by atoms with E-state index in [0.29, 0.717) is 24.5 Å². The molecule has 0 unspecified atom stereocenters. The van der Waals surface area contributed by atoms with Crippen molar-refractivity contribution in [3.63, 3.8) is 0 Å². The highest BCUT2D eigenvalue weighted by Gasteiger charge is 2.28. The van der Waals surface area contributed by atoms with E-state index in [1.54, 1.807) is 19.2 Å². The molecular formula is C30H32FNO5. The minimum Gasteiger partial charge on any atom is -0.496 e. The Morgan fingerprint density at radius 1 is 1.11 bits per heavy atom. The maximum Gasteiger partial charge on any atom is 0.231 e. The van der Waals surface area contributed by atoms with Crippen LogP contribution in [-0.2, 0) is 6.42 Å². The predicted octanol–water partition coefficient (Wildman–Crippen LogP) is 5.46. The topological polar surface area (TPSA) is 66.0 Å². The standard InChI is InChI=1S/C30H32FNO5/c1-19-4-3-5-28(34-2)23(19)8-10-27(33)25-14-20(6-9-26(25)31)24-12-13-32-16-21(24)17-35-22-7-11-29-30(15-22)37-18-36-29/h3-7,9,11,14-15,21,24,32H,8,10,12-13,16-18H2,1-2H3/t21-,24-/m0/s1. The molecule has 6 nitrogen and oxygen atoms in total. The Morgan fingerprint density at radius 2 is 1.97 bits per heavy atom. The number of hydrogen-bond donors (Lipinski definition) is 1. The number of hydrogen-bond acceptors (Lipinski definition) is 6. The van der Waals surface area contributed by atoms with Gasteiger partial charge < -0.3 is 24.3 Å². The second-order valence-electron chi connectivity index (χ2n) is 9.60. The number of benzene rings is 3. The Hall–Kier alpha value is -3.58. The molecule has 0 spiro atoms. The Bertz CT molecular complexity index is 1280. The molecule has 1 saturated heterocycles. The van der Waals surface area contributed by atoms with Gasteiger partial charge in [0.2, 0.25) is 6.79 Å². The van der Waals surface area contributed by atoms with Crippen molar-refractivity contribution < 1.29 is 28.1 Å². The average molecular weight is 506 g/mol. The normalized spacial score (nSPS) is 18.5. The van der Waals surface area contributed by atoms with Crippen molar-refractivity contribution in [3.8, 4) is 23.0 Å². The number of Topliss-reactive ketones (excluding diaryl/α,β-unsaturated/α-hetero) is 1. The van der Waals surface area contributed by atoms with Crippen molar-refractivity contribution in [1.82, 2.24) is 5.32 Å². The van der Waals surface area contributed by atoms with Gasteiger partial charge in [-0.1, -0.05) is 18.2 Å². The van der Waals surface area contributed by atoms with E-state index in [2.05, 4.69) is 5.32 Å². The number of ether oxygens (including phenoxy) is 4. The largest absolute Gasteiger partial charge is 0.496 e. The molecule has 37 heavy (non-hydrogen) atoms. The molecule has 3 aromatic carbocycles. The minimum absolute atomic E-state index is 0.152. The Kier molecular flexibility index (Phi) is 7.60. The molecule has 2 heterocycles. The van der Waals surface area contributed by atoms with Crippen LogP contribution in [0.3, 0.4) is 0 Å². The van der Waals surface area contributed by atoms with Crippen molar-refractivity contribution in [2.24, 2.45) is 5.92 Å². The summed E-state index contributed by atoms with van der Waals surface area (Å²) in [5, 5.41) is 3.44. The summed E-state index contributed by atoms with van der Waals surface area (Å²) in [5.74, 6) is 2.51. The van der Waals surface area contributed by atoms with Crippen LogP contribution in [0.25, 0.3) is 0 Å². The van der Waals surface area contributed by atoms with Crippen LogP contribution in [0, 0.1) is 18.7 Å². The molecule has 0 aromatic heterocycles. The van der Waals surface area contributed by atoms with Crippen LogP contribution in [0.4, 0.5) is 4.39 Å². The maximum absolute atomic E-state index is 14.8. The summed E-state index contributed by atoms with van der Waals surface area (Å²) < 4.78 is 37.2. The molecule has 0 aliphatic carbocycles. The van der Waals surface area contributed by atoms with Gasteiger partial charge in [-0.25, -0.2) is 4.39 Å². The Labute approximate surface area is 216 Å². The van der Waals surface area contributed by atoms with E-state index in [9.17, 15) is 9.18 Å². The van der Waals surface area contributed by atoms with Gasteiger partial charge in [0.05, 0.1) is 19.3 Å². The van der Waals surface area contributed by atoms with E-state index in [1.807, 2.05) is 43.3 Å². The first kappa shape index (κ1) is 25.1. The van der Waals surface area contributed by atoms with E-state index in [0.717, 1.165) is 47.7 Å². The summed E-state index contributed by atoms with van der Waals surface area (Å²) in [6.07, 6.45) is 1.59. The molecule has 0 saturated carbocycles. The quantitative estimate of drug-likeness (QED) is 0.390. The Morgan fingerprint density at radius 3 is 2.84 bits per heavy atom. The van der Waals surface area contributed by atoms with Crippen LogP contribution in [0.15, 0.2) is 54.6 Å². The first-order chi connectivity index (χ1) is 18.0. The predicted molar refractivity (Wildman–Crippen MR) is 139 cm³/mol. The molecule has 5 rings (SSSR count). The zero-order valence-electron chi connectivity index (χ0n) is 21.2. The van der Waals surface area contributed by atoms with Crippen LogP contribution in [0.2, 0.25) is 0 Å². The molecule has 0 amide bonds. The molecule has 7 heteroatoms. The number of halogens is 1. The molecule has 3 aromatic rings. The third-order valence-electron chi connectivity index (χ3n) is 7.32. The Balaban J connectivity index is 1.29. The molecule has 0 bridgehead atoms. The molecule has 0 radical (unpaired) electrons. The van der Waals surface area contributed by atoms with Crippen LogP contribution >= 0.6 is 0 Å². The highest BCUT2D eigenvalue weighted by atomic mass is 19.1. The fourth-order valence-electron chi connectivity index (χ4n) is 5.25. The highest BCUT2D eigenvalue weighted by Crippen LogP contribution is 2.36. The summed E-state index contributed by atoms with van der Waals surface area (Å²) in [6.45, 7) is 4.34. The number of fused-ring (bicyclic) bond motifs is 1. The molecule has 1 fully saturated rings. The van der Waals surface area contributed by atoms with Gasteiger partial charge in [0.15, 0.2) is 17.3 Å². The van der Waals surface area contributed by atoms with Crippen molar-refractivity contribution in [2.75, 3.05) is 33.6 Å². The third kappa shape index (κ3) is 5.57. The lowest BCUT2D eigenvalue weighted by Gasteiger charge is -2.32. The minimum atomic E-state index is -0.479. The molecule has 2 atom stereocenters. The smallest absolute Gasteiger partial charge is 0.231 e. The van der Waals surface area contributed by atoms with Crippen molar-refractivity contribution >= 4 is 5.78 Å². The van der Waals surface area contributed by atoms with Crippen molar-refractivity contribution in [2.45, 2.75) is 32.1 Å². The van der Waals surface area contributed by atoms with Crippen molar-refractivity contribution in [1.29, 1.82) is 0 Å². The lowest BCUT2D eigenvalue weighted by atomic mass is 9.80. The fraction of sp³-hybridized carbons (Fsp3) is 0.367. The summed E-state index contributed by atoms with van der Waals surface area (Å²) >= 11 is 0. The van der Waals surface area contributed by atoms with Gasteiger partial charge in [0.1, 0.15) is 17.3 Å². The summed E-state index contributed by atoms with van der Waals surface area (Å²) in [4.78, 5) is 13.1. The first-order valence-corrected chi connectivity index (χ1v) is 12.7. The zero-order chi connectivity index (χ0) is 25.8. The van der Waals surface area contributed by atoms with E-state index >= 15 is 0 Å². The van der Waals surface area contributed by atoms with Gasteiger partial charge in [-0.2, -0.15) is 0 Å².